The van der Waals surface area contributed by atoms with Crippen LogP contribution < -0.4 is 4.74 Å². The smallest absolute Gasteiger partial charge is 0.124 e. The molecule has 0 aromatic heterocycles. The summed E-state index contributed by atoms with van der Waals surface area (Å²) in [6, 6.07) is 6.31. The fraction of sp³-hybridized carbons (Fsp3) is 0.647. The maximum atomic E-state index is 10.6. The first-order chi connectivity index (χ1) is 10.0. The van der Waals surface area contributed by atoms with Crippen molar-refractivity contribution < 1.29 is 14.6 Å². The molecule has 0 spiro atoms. The van der Waals surface area contributed by atoms with Crippen LogP contribution >= 0.6 is 0 Å². The third kappa shape index (κ3) is 3.96. The van der Waals surface area contributed by atoms with Crippen molar-refractivity contribution in [2.45, 2.75) is 45.4 Å². The van der Waals surface area contributed by atoms with E-state index < -0.39 is 6.10 Å². The maximum absolute atomic E-state index is 10.6. The minimum atomic E-state index is -0.542. The lowest BCUT2D eigenvalue weighted by atomic mass is 10.0. The highest BCUT2D eigenvalue weighted by molar-refractivity contribution is 5.38. The zero-order valence-corrected chi connectivity index (χ0v) is 13.5. The lowest BCUT2D eigenvalue weighted by Crippen LogP contribution is -2.49. The van der Waals surface area contributed by atoms with E-state index in [1.807, 2.05) is 25.1 Å². The SMILES string of the molecule is CCC1COC(C)CN1CC(O)c1cc(C)ccc1OC. The molecule has 0 amide bonds. The standard InChI is InChI=1S/C17H27NO3/c1-5-14-11-21-13(3)9-18(14)10-16(19)15-8-12(2)6-7-17(15)20-4/h6-8,13-14,16,19H,5,9-11H2,1-4H3. The van der Waals surface area contributed by atoms with Crippen LogP contribution in [0.3, 0.4) is 0 Å². The normalized spacial score (nSPS) is 24.8. The van der Waals surface area contributed by atoms with Crippen molar-refractivity contribution in [2.75, 3.05) is 26.8 Å². The predicted molar refractivity (Wildman–Crippen MR) is 83.8 cm³/mol. The summed E-state index contributed by atoms with van der Waals surface area (Å²) in [5.74, 6) is 0.752. The Balaban J connectivity index is 2.12. The Kier molecular flexibility index (Phi) is 5.62. The van der Waals surface area contributed by atoms with Gasteiger partial charge in [0.2, 0.25) is 0 Å². The van der Waals surface area contributed by atoms with E-state index in [-0.39, 0.29) is 6.10 Å². The Bertz CT molecular complexity index is 463. The predicted octanol–water partition coefficient (Wildman–Crippen LogP) is 2.54. The van der Waals surface area contributed by atoms with E-state index in [1.54, 1.807) is 7.11 Å². The third-order valence-corrected chi connectivity index (χ3v) is 4.20. The number of β-amino-alcohol motifs (C(OH)–C–C–N with tert-alkyl or cyclic N) is 1. The molecule has 4 nitrogen and oxygen atoms in total. The molecule has 1 N–H and O–H groups in total. The van der Waals surface area contributed by atoms with Crippen LogP contribution in [0.4, 0.5) is 0 Å². The molecule has 3 atom stereocenters. The molecule has 1 heterocycles. The summed E-state index contributed by atoms with van der Waals surface area (Å²) in [4.78, 5) is 2.33. The van der Waals surface area contributed by atoms with Gasteiger partial charge in [-0.1, -0.05) is 18.6 Å². The zero-order chi connectivity index (χ0) is 15.4. The average Bonchev–Trinajstić information content (AvgIpc) is 2.47. The number of benzene rings is 1. The van der Waals surface area contributed by atoms with Crippen molar-refractivity contribution >= 4 is 0 Å². The summed E-state index contributed by atoms with van der Waals surface area (Å²) < 4.78 is 11.1. The highest BCUT2D eigenvalue weighted by atomic mass is 16.5. The van der Waals surface area contributed by atoms with Crippen LogP contribution in [0, 0.1) is 6.92 Å². The molecule has 2 rings (SSSR count). The number of hydrogen-bond donors (Lipinski definition) is 1. The molecular formula is C17H27NO3. The number of ether oxygens (including phenoxy) is 2. The maximum Gasteiger partial charge on any atom is 0.124 e. The first kappa shape index (κ1) is 16.3. The van der Waals surface area contributed by atoms with Gasteiger partial charge in [0, 0.05) is 24.7 Å². The van der Waals surface area contributed by atoms with Crippen LogP contribution in [-0.2, 0) is 4.74 Å². The van der Waals surface area contributed by atoms with Crippen molar-refractivity contribution in [3.8, 4) is 5.75 Å². The van der Waals surface area contributed by atoms with Gasteiger partial charge in [0.1, 0.15) is 5.75 Å². The molecular weight excluding hydrogens is 266 g/mol. The molecule has 0 saturated carbocycles. The van der Waals surface area contributed by atoms with Gasteiger partial charge in [-0.15, -0.1) is 0 Å². The van der Waals surface area contributed by atoms with E-state index >= 15 is 0 Å². The van der Waals surface area contributed by atoms with Gasteiger partial charge in [0.25, 0.3) is 0 Å². The van der Waals surface area contributed by atoms with Crippen molar-refractivity contribution in [3.05, 3.63) is 29.3 Å². The third-order valence-electron chi connectivity index (χ3n) is 4.20. The Morgan fingerprint density at radius 3 is 2.90 bits per heavy atom. The second kappa shape index (κ2) is 7.25. The van der Waals surface area contributed by atoms with Gasteiger partial charge in [-0.3, -0.25) is 4.90 Å². The van der Waals surface area contributed by atoms with Crippen molar-refractivity contribution in [2.24, 2.45) is 0 Å². The molecule has 0 aliphatic carbocycles. The molecule has 1 aliphatic heterocycles. The summed E-state index contributed by atoms with van der Waals surface area (Å²) in [6.45, 7) is 8.50. The zero-order valence-electron chi connectivity index (χ0n) is 13.5. The molecule has 118 valence electrons. The van der Waals surface area contributed by atoms with Gasteiger partial charge in [0.15, 0.2) is 0 Å². The Labute approximate surface area is 127 Å². The number of morpholine rings is 1. The Morgan fingerprint density at radius 1 is 1.48 bits per heavy atom. The van der Waals surface area contributed by atoms with Gasteiger partial charge in [-0.2, -0.15) is 0 Å². The summed E-state index contributed by atoms with van der Waals surface area (Å²) in [5, 5.41) is 10.6. The summed E-state index contributed by atoms with van der Waals surface area (Å²) >= 11 is 0. The minimum absolute atomic E-state index is 0.222. The highest BCUT2D eigenvalue weighted by Gasteiger charge is 2.28. The average molecular weight is 293 g/mol. The Hall–Kier alpha value is -1.10. The second-order valence-corrected chi connectivity index (χ2v) is 5.92. The fourth-order valence-corrected chi connectivity index (χ4v) is 2.95. The topological polar surface area (TPSA) is 41.9 Å². The van der Waals surface area contributed by atoms with Gasteiger partial charge in [-0.05, 0) is 32.4 Å². The summed E-state index contributed by atoms with van der Waals surface area (Å²) in [5.41, 5.74) is 2.00. The van der Waals surface area contributed by atoms with E-state index in [0.717, 1.165) is 36.4 Å². The fourth-order valence-electron chi connectivity index (χ4n) is 2.95. The van der Waals surface area contributed by atoms with Crippen molar-refractivity contribution in [1.82, 2.24) is 4.90 Å². The van der Waals surface area contributed by atoms with E-state index in [4.69, 9.17) is 9.47 Å². The quantitative estimate of drug-likeness (QED) is 0.906. The lowest BCUT2D eigenvalue weighted by molar-refractivity contribution is -0.0682. The van der Waals surface area contributed by atoms with Crippen LogP contribution in [0.2, 0.25) is 0 Å². The summed E-state index contributed by atoms with van der Waals surface area (Å²) in [7, 11) is 1.65. The lowest BCUT2D eigenvalue weighted by Gasteiger charge is -2.39. The van der Waals surface area contributed by atoms with Gasteiger partial charge in [-0.25, -0.2) is 0 Å². The summed E-state index contributed by atoms with van der Waals surface area (Å²) in [6.07, 6.45) is 0.711. The molecule has 21 heavy (non-hydrogen) atoms. The number of aliphatic hydroxyl groups excluding tert-OH is 1. The molecule has 1 aromatic rings. The number of hydrogen-bond acceptors (Lipinski definition) is 4. The van der Waals surface area contributed by atoms with E-state index in [2.05, 4.69) is 18.7 Å². The minimum Gasteiger partial charge on any atom is -0.496 e. The van der Waals surface area contributed by atoms with E-state index in [9.17, 15) is 5.11 Å². The monoisotopic (exact) mass is 293 g/mol. The number of aryl methyl sites for hydroxylation is 1. The molecule has 4 heteroatoms. The molecule has 1 aliphatic rings. The number of nitrogens with zero attached hydrogens (tertiary/aromatic N) is 1. The Morgan fingerprint density at radius 2 is 2.24 bits per heavy atom. The van der Waals surface area contributed by atoms with Gasteiger partial charge < -0.3 is 14.6 Å². The van der Waals surface area contributed by atoms with Crippen molar-refractivity contribution in [3.63, 3.8) is 0 Å². The van der Waals surface area contributed by atoms with Crippen LogP contribution in [0.25, 0.3) is 0 Å². The number of methoxy groups -OCH3 is 1. The van der Waals surface area contributed by atoms with Crippen molar-refractivity contribution in [1.29, 1.82) is 0 Å². The number of aliphatic hydroxyl groups is 1. The van der Waals surface area contributed by atoms with Crippen LogP contribution in [0.15, 0.2) is 18.2 Å². The molecule has 3 unspecified atom stereocenters. The first-order valence-electron chi connectivity index (χ1n) is 7.73. The number of rotatable bonds is 5. The van der Waals surface area contributed by atoms with Gasteiger partial charge >= 0.3 is 0 Å². The van der Waals surface area contributed by atoms with Crippen LogP contribution in [-0.4, -0.2) is 49.0 Å². The van der Waals surface area contributed by atoms with E-state index in [0.29, 0.717) is 12.6 Å². The molecule has 1 saturated heterocycles. The molecule has 1 fully saturated rings. The van der Waals surface area contributed by atoms with Crippen LogP contribution in [0.5, 0.6) is 5.75 Å². The molecule has 0 bridgehead atoms. The first-order valence-corrected chi connectivity index (χ1v) is 7.73. The molecule has 1 aromatic carbocycles. The molecule has 0 radical (unpaired) electrons. The van der Waals surface area contributed by atoms with Gasteiger partial charge in [0.05, 0.1) is 25.9 Å². The van der Waals surface area contributed by atoms with Crippen LogP contribution in [0.1, 0.15) is 37.5 Å². The largest absolute Gasteiger partial charge is 0.496 e. The van der Waals surface area contributed by atoms with E-state index in [1.165, 1.54) is 0 Å². The highest BCUT2D eigenvalue weighted by Crippen LogP contribution is 2.28. The second-order valence-electron chi connectivity index (χ2n) is 5.92.